The zero-order valence-corrected chi connectivity index (χ0v) is 21.5. The van der Waals surface area contributed by atoms with Gasteiger partial charge in [0.15, 0.2) is 5.78 Å². The third-order valence-electron chi connectivity index (χ3n) is 6.85. The molecule has 0 spiro atoms. The van der Waals surface area contributed by atoms with Crippen molar-refractivity contribution in [2.45, 2.75) is 6.92 Å². The van der Waals surface area contributed by atoms with Crippen LogP contribution < -0.4 is 10.2 Å². The van der Waals surface area contributed by atoms with Crippen molar-refractivity contribution < 1.29 is 4.79 Å². The molecule has 1 saturated heterocycles. The molecule has 4 heterocycles. The average molecular weight is 514 g/mol. The number of benzene rings is 2. The Labute approximate surface area is 221 Å². The summed E-state index contributed by atoms with van der Waals surface area (Å²) in [6.07, 6.45) is 5.18. The number of pyridine rings is 2. The van der Waals surface area contributed by atoms with Crippen molar-refractivity contribution in [3.05, 3.63) is 72.8 Å². The first kappa shape index (κ1) is 24.7. The summed E-state index contributed by atoms with van der Waals surface area (Å²) in [4.78, 5) is 33.9. The van der Waals surface area contributed by atoms with Gasteiger partial charge in [0.05, 0.1) is 46.0 Å². The number of Topliss-reactive ketones (excluding diaryl/α,β-unsaturated/α-hetero) is 1. The van der Waals surface area contributed by atoms with Gasteiger partial charge in [-0.1, -0.05) is 12.1 Å². The maximum Gasteiger partial charge on any atom is 0.163 e. The van der Waals surface area contributed by atoms with Crippen molar-refractivity contribution in [2.24, 2.45) is 0 Å². The van der Waals surface area contributed by atoms with Crippen LogP contribution in [0.15, 0.2) is 67.3 Å². The number of ketones is 1. The lowest BCUT2D eigenvalue weighted by atomic mass is 10.00. The first-order valence-corrected chi connectivity index (χ1v) is 12.1. The fourth-order valence-corrected chi connectivity index (χ4v) is 4.72. The van der Waals surface area contributed by atoms with Gasteiger partial charge >= 0.3 is 0 Å². The van der Waals surface area contributed by atoms with E-state index in [-0.39, 0.29) is 18.2 Å². The van der Waals surface area contributed by atoms with Gasteiger partial charge in [-0.3, -0.25) is 9.78 Å². The minimum atomic E-state index is -0.0433. The number of carbonyl (C=O) groups is 1. The second-order valence-corrected chi connectivity index (χ2v) is 9.29. The van der Waals surface area contributed by atoms with Crippen LogP contribution in [0.1, 0.15) is 17.3 Å². The molecule has 0 bridgehead atoms. The fraction of sp³-hybridized carbons (Fsp3) is 0.214. The number of rotatable bonds is 5. The quantitative estimate of drug-likeness (QED) is 0.308. The number of H-pyrrole nitrogens is 1. The number of nitrogens with zero attached hydrogens (tertiary/aromatic N) is 5. The van der Waals surface area contributed by atoms with Gasteiger partial charge in [-0.2, -0.15) is 0 Å². The highest BCUT2D eigenvalue weighted by molar-refractivity contribution is 6.08. The molecule has 0 amide bonds. The van der Waals surface area contributed by atoms with E-state index in [1.54, 1.807) is 19.4 Å². The Kier molecular flexibility index (Phi) is 6.78. The van der Waals surface area contributed by atoms with E-state index >= 15 is 0 Å². The number of piperazine rings is 1. The van der Waals surface area contributed by atoms with Crippen LogP contribution in [-0.2, 0) is 0 Å². The predicted octanol–water partition coefficient (Wildman–Crippen LogP) is 5.29. The van der Waals surface area contributed by atoms with E-state index in [2.05, 4.69) is 61.4 Å². The van der Waals surface area contributed by atoms with Gasteiger partial charge in [0.2, 0.25) is 0 Å². The molecule has 0 unspecified atom stereocenters. The number of hydrogen-bond donors (Lipinski definition) is 2. The molecule has 1 fully saturated rings. The molecule has 2 aromatic carbocycles. The first-order valence-electron chi connectivity index (χ1n) is 12.1. The van der Waals surface area contributed by atoms with Gasteiger partial charge in [-0.25, -0.2) is 9.97 Å². The molecule has 3 aromatic heterocycles. The number of hydrogen-bond acceptors (Lipinski definition) is 7. The molecule has 0 radical (unpaired) electrons. The monoisotopic (exact) mass is 513 g/mol. The van der Waals surface area contributed by atoms with Crippen LogP contribution in [0.25, 0.3) is 33.1 Å². The van der Waals surface area contributed by atoms with Crippen molar-refractivity contribution >= 4 is 57.3 Å². The molecule has 37 heavy (non-hydrogen) atoms. The topological polar surface area (TPSA) is 90.0 Å². The molecule has 0 atom stereocenters. The van der Waals surface area contributed by atoms with Crippen LogP contribution in [0.4, 0.5) is 17.2 Å². The molecule has 5 aromatic rings. The number of likely N-dealkylation sites (N-methyl/N-ethyl adjacent to an activating group) is 1. The van der Waals surface area contributed by atoms with Gasteiger partial charge in [0.1, 0.15) is 5.82 Å². The van der Waals surface area contributed by atoms with Crippen LogP contribution in [-0.4, -0.2) is 63.8 Å². The highest BCUT2D eigenvalue weighted by Gasteiger charge is 2.17. The Hall–Kier alpha value is -4.01. The normalized spacial score (nSPS) is 14.1. The van der Waals surface area contributed by atoms with E-state index in [1.807, 2.05) is 30.5 Å². The largest absolute Gasteiger partial charge is 0.354 e. The lowest BCUT2D eigenvalue weighted by Crippen LogP contribution is -2.44. The maximum atomic E-state index is 12.5. The van der Waals surface area contributed by atoms with Crippen molar-refractivity contribution in [2.75, 3.05) is 43.4 Å². The molecule has 188 valence electrons. The van der Waals surface area contributed by atoms with Crippen LogP contribution in [0.2, 0.25) is 0 Å². The summed E-state index contributed by atoms with van der Waals surface area (Å²) >= 11 is 0. The Bertz CT molecular complexity index is 1570. The lowest BCUT2D eigenvalue weighted by molar-refractivity contribution is 0.101. The molecule has 0 saturated carbocycles. The van der Waals surface area contributed by atoms with Crippen LogP contribution in [0.5, 0.6) is 0 Å². The second kappa shape index (κ2) is 10.2. The van der Waals surface area contributed by atoms with E-state index in [0.29, 0.717) is 5.56 Å². The number of anilines is 3. The summed E-state index contributed by atoms with van der Waals surface area (Å²) in [7, 11) is 2.14. The standard InChI is InChI=1S/C28H27N7O.ClH/c1-18(36)23-16-29-24-6-3-19(20-4-7-25-26(14-20)32-17-31-25)13-22(24)28(23)33-21-5-8-27(30-15-21)35-11-9-34(2)10-12-35;/h3-8,13-17H,9-12H2,1-2H3,(H,29,33)(H,31,32);1H. The molecule has 0 aliphatic carbocycles. The zero-order valence-electron chi connectivity index (χ0n) is 20.7. The van der Waals surface area contributed by atoms with E-state index in [1.165, 1.54) is 0 Å². The maximum absolute atomic E-state index is 12.5. The number of aromatic amines is 1. The van der Waals surface area contributed by atoms with E-state index in [0.717, 1.165) is 76.4 Å². The highest BCUT2D eigenvalue weighted by atomic mass is 35.5. The molecule has 8 nitrogen and oxygen atoms in total. The Balaban J connectivity index is 0.00000280. The van der Waals surface area contributed by atoms with Crippen molar-refractivity contribution in [1.29, 1.82) is 0 Å². The smallest absolute Gasteiger partial charge is 0.163 e. The molecule has 6 rings (SSSR count). The predicted molar refractivity (Wildman–Crippen MR) is 151 cm³/mol. The fourth-order valence-electron chi connectivity index (χ4n) is 4.72. The van der Waals surface area contributed by atoms with Crippen molar-refractivity contribution in [3.8, 4) is 11.1 Å². The zero-order chi connectivity index (χ0) is 24.6. The van der Waals surface area contributed by atoms with Crippen LogP contribution >= 0.6 is 12.4 Å². The minimum Gasteiger partial charge on any atom is -0.354 e. The number of aromatic nitrogens is 4. The minimum absolute atomic E-state index is 0. The molecule has 9 heteroatoms. The Morgan fingerprint density at radius 2 is 1.65 bits per heavy atom. The summed E-state index contributed by atoms with van der Waals surface area (Å²) in [6.45, 7) is 5.56. The number of halogens is 1. The number of fused-ring (bicyclic) bond motifs is 2. The van der Waals surface area contributed by atoms with Gasteiger partial charge in [-0.15, -0.1) is 12.4 Å². The SMILES string of the molecule is CC(=O)c1cnc2ccc(-c3ccc4nc[nH]c4c3)cc2c1Nc1ccc(N2CCN(C)CC2)nc1.Cl. The molecular formula is C28H28ClN7O. The summed E-state index contributed by atoms with van der Waals surface area (Å²) < 4.78 is 0. The molecule has 1 aliphatic heterocycles. The van der Waals surface area contributed by atoms with E-state index in [9.17, 15) is 4.79 Å². The van der Waals surface area contributed by atoms with Gasteiger partial charge < -0.3 is 20.1 Å². The molecular weight excluding hydrogens is 486 g/mol. The summed E-state index contributed by atoms with van der Waals surface area (Å²) in [5.74, 6) is 0.926. The van der Waals surface area contributed by atoms with Gasteiger partial charge in [0.25, 0.3) is 0 Å². The highest BCUT2D eigenvalue weighted by Crippen LogP contribution is 2.33. The first-order chi connectivity index (χ1) is 17.5. The number of imidazole rings is 1. The van der Waals surface area contributed by atoms with Gasteiger partial charge in [-0.05, 0) is 61.5 Å². The third kappa shape index (κ3) is 4.85. The third-order valence-corrected chi connectivity index (χ3v) is 6.85. The van der Waals surface area contributed by atoms with E-state index in [4.69, 9.17) is 4.98 Å². The second-order valence-electron chi connectivity index (χ2n) is 9.29. The number of nitrogens with one attached hydrogen (secondary N) is 2. The summed E-state index contributed by atoms with van der Waals surface area (Å²) in [6, 6.07) is 16.3. The van der Waals surface area contributed by atoms with Crippen molar-refractivity contribution in [3.63, 3.8) is 0 Å². The summed E-state index contributed by atoms with van der Waals surface area (Å²) in [5.41, 5.74) is 6.93. The van der Waals surface area contributed by atoms with Crippen LogP contribution in [0, 0.1) is 0 Å². The molecule has 1 aliphatic rings. The van der Waals surface area contributed by atoms with Gasteiger partial charge in [0, 0.05) is 37.8 Å². The lowest BCUT2D eigenvalue weighted by Gasteiger charge is -2.33. The number of carbonyl (C=O) groups excluding carboxylic acids is 1. The van der Waals surface area contributed by atoms with Crippen molar-refractivity contribution in [1.82, 2.24) is 24.8 Å². The summed E-state index contributed by atoms with van der Waals surface area (Å²) in [5, 5.41) is 4.35. The average Bonchev–Trinajstić information content (AvgIpc) is 3.37. The Morgan fingerprint density at radius 1 is 0.892 bits per heavy atom. The van der Waals surface area contributed by atoms with E-state index < -0.39 is 0 Å². The van der Waals surface area contributed by atoms with Crippen LogP contribution in [0.3, 0.4) is 0 Å². The molecule has 2 N–H and O–H groups in total. The Morgan fingerprint density at radius 3 is 2.38 bits per heavy atom.